The lowest BCUT2D eigenvalue weighted by atomic mass is 10.1. The van der Waals surface area contributed by atoms with Crippen molar-refractivity contribution in [2.24, 2.45) is 0 Å². The van der Waals surface area contributed by atoms with Gasteiger partial charge in [-0.15, -0.1) is 10.2 Å². The van der Waals surface area contributed by atoms with Crippen molar-refractivity contribution < 1.29 is 14.2 Å². The maximum absolute atomic E-state index is 6.41. The third kappa shape index (κ3) is 5.02. The SMILES string of the molecule is CCOc1cc([C@@H]2Nc3ccccc3-c3nnc(SCc4ccc(C)cc4)nc3O2)ccc1OC. The fourth-order valence-corrected chi connectivity index (χ4v) is 4.55. The van der Waals surface area contributed by atoms with Gasteiger partial charge in [-0.25, -0.2) is 0 Å². The third-order valence-electron chi connectivity index (χ3n) is 5.61. The standard InChI is InChI=1S/C27H26N4O3S/c1-4-33-23-15-19(13-14-22(23)32-3)25-28-21-8-6-5-7-20(21)24-26(34-25)29-27(31-30-24)35-16-18-11-9-17(2)10-12-18/h5-15,25,28H,4,16H2,1-3H3/t25-/m1/s1. The minimum Gasteiger partial charge on any atom is -0.493 e. The quantitative estimate of drug-likeness (QED) is 0.316. The van der Waals surface area contributed by atoms with Crippen molar-refractivity contribution in [3.05, 3.63) is 83.4 Å². The number of nitrogens with one attached hydrogen (secondary N) is 1. The first-order valence-electron chi connectivity index (χ1n) is 11.4. The average Bonchev–Trinajstić information content (AvgIpc) is 3.05. The second kappa shape index (κ2) is 10.2. The number of methoxy groups -OCH3 is 1. The van der Waals surface area contributed by atoms with E-state index in [4.69, 9.17) is 19.2 Å². The van der Waals surface area contributed by atoms with Crippen molar-refractivity contribution in [1.82, 2.24) is 15.2 Å². The number of rotatable bonds is 7. The van der Waals surface area contributed by atoms with E-state index in [0.717, 1.165) is 22.6 Å². The molecule has 0 aliphatic carbocycles. The molecular formula is C27H26N4O3S. The Kier molecular flexibility index (Phi) is 6.72. The molecule has 0 amide bonds. The number of fused-ring (bicyclic) bond motifs is 3. The normalized spacial score (nSPS) is 14.1. The number of anilines is 1. The molecule has 35 heavy (non-hydrogen) atoms. The van der Waals surface area contributed by atoms with Crippen LogP contribution in [0.3, 0.4) is 0 Å². The molecule has 0 spiro atoms. The van der Waals surface area contributed by atoms with Gasteiger partial charge in [-0.2, -0.15) is 4.98 Å². The summed E-state index contributed by atoms with van der Waals surface area (Å²) in [5, 5.41) is 12.9. The molecule has 5 rings (SSSR count). The van der Waals surface area contributed by atoms with Gasteiger partial charge in [0, 0.05) is 22.6 Å². The topological polar surface area (TPSA) is 78.4 Å². The van der Waals surface area contributed by atoms with Crippen LogP contribution >= 0.6 is 11.8 Å². The van der Waals surface area contributed by atoms with E-state index >= 15 is 0 Å². The number of aromatic nitrogens is 3. The lowest BCUT2D eigenvalue weighted by Gasteiger charge is -2.20. The van der Waals surface area contributed by atoms with Crippen molar-refractivity contribution in [2.45, 2.75) is 31.0 Å². The summed E-state index contributed by atoms with van der Waals surface area (Å²) in [6, 6.07) is 22.1. The first-order valence-corrected chi connectivity index (χ1v) is 12.4. The van der Waals surface area contributed by atoms with Gasteiger partial charge in [-0.3, -0.25) is 0 Å². The third-order valence-corrected chi connectivity index (χ3v) is 6.52. The fourth-order valence-electron chi connectivity index (χ4n) is 3.82. The van der Waals surface area contributed by atoms with Gasteiger partial charge in [-0.1, -0.05) is 59.8 Å². The van der Waals surface area contributed by atoms with E-state index in [1.165, 1.54) is 22.9 Å². The summed E-state index contributed by atoms with van der Waals surface area (Å²) >= 11 is 1.53. The van der Waals surface area contributed by atoms with Gasteiger partial charge in [0.25, 0.3) is 0 Å². The molecule has 0 bridgehead atoms. The van der Waals surface area contributed by atoms with Crippen molar-refractivity contribution >= 4 is 17.4 Å². The number of aryl methyl sites for hydroxylation is 1. The second-order valence-electron chi connectivity index (χ2n) is 8.05. The Morgan fingerprint density at radius 1 is 1.00 bits per heavy atom. The number of ether oxygens (including phenoxy) is 3. The molecule has 0 radical (unpaired) electrons. The Balaban J connectivity index is 1.48. The Labute approximate surface area is 208 Å². The predicted octanol–water partition coefficient (Wildman–Crippen LogP) is 6.05. The fraction of sp³-hybridized carbons (Fsp3) is 0.222. The maximum Gasteiger partial charge on any atom is 0.247 e. The van der Waals surface area contributed by atoms with Crippen LogP contribution in [-0.2, 0) is 5.75 Å². The molecule has 8 heteroatoms. The van der Waals surface area contributed by atoms with Crippen LogP contribution in [0.1, 0.15) is 29.8 Å². The number of nitrogens with zero attached hydrogens (tertiary/aromatic N) is 3. The van der Waals surface area contributed by atoms with Crippen LogP contribution in [-0.4, -0.2) is 28.9 Å². The summed E-state index contributed by atoms with van der Waals surface area (Å²) in [5.74, 6) is 2.51. The molecule has 1 aliphatic rings. The molecule has 1 aliphatic heterocycles. The lowest BCUT2D eigenvalue weighted by molar-refractivity contribution is 0.224. The smallest absolute Gasteiger partial charge is 0.247 e. The average molecular weight is 487 g/mol. The zero-order chi connectivity index (χ0) is 24.2. The van der Waals surface area contributed by atoms with Gasteiger partial charge in [0.2, 0.25) is 11.0 Å². The largest absolute Gasteiger partial charge is 0.493 e. The summed E-state index contributed by atoms with van der Waals surface area (Å²) in [6.07, 6.45) is -0.505. The van der Waals surface area contributed by atoms with E-state index < -0.39 is 6.23 Å². The van der Waals surface area contributed by atoms with Gasteiger partial charge in [-0.05, 0) is 43.7 Å². The highest BCUT2D eigenvalue weighted by Crippen LogP contribution is 2.41. The maximum atomic E-state index is 6.41. The van der Waals surface area contributed by atoms with Crippen LogP contribution in [0.5, 0.6) is 17.4 Å². The van der Waals surface area contributed by atoms with E-state index in [9.17, 15) is 0 Å². The Morgan fingerprint density at radius 3 is 2.63 bits per heavy atom. The molecule has 0 saturated carbocycles. The molecule has 0 fully saturated rings. The summed E-state index contributed by atoms with van der Waals surface area (Å²) < 4.78 is 17.6. The van der Waals surface area contributed by atoms with Gasteiger partial charge < -0.3 is 19.5 Å². The number of para-hydroxylation sites is 1. The van der Waals surface area contributed by atoms with Crippen LogP contribution < -0.4 is 19.5 Å². The molecule has 1 aromatic heterocycles. The van der Waals surface area contributed by atoms with Crippen molar-refractivity contribution in [2.75, 3.05) is 19.0 Å². The van der Waals surface area contributed by atoms with Crippen LogP contribution in [0.25, 0.3) is 11.3 Å². The number of benzene rings is 3. The number of hydrogen-bond donors (Lipinski definition) is 1. The van der Waals surface area contributed by atoms with Gasteiger partial charge in [0.05, 0.1) is 13.7 Å². The summed E-state index contributed by atoms with van der Waals surface area (Å²) in [6.45, 7) is 4.55. The molecule has 3 aromatic carbocycles. The predicted molar refractivity (Wildman–Crippen MR) is 137 cm³/mol. The first kappa shape index (κ1) is 23.0. The molecule has 1 atom stereocenters. The highest BCUT2D eigenvalue weighted by Gasteiger charge is 2.26. The summed E-state index contributed by atoms with van der Waals surface area (Å²) in [7, 11) is 1.63. The van der Waals surface area contributed by atoms with Gasteiger partial charge in [0.1, 0.15) is 0 Å². The number of thioether (sulfide) groups is 1. The van der Waals surface area contributed by atoms with Gasteiger partial charge >= 0.3 is 0 Å². The monoisotopic (exact) mass is 486 g/mol. The molecule has 2 heterocycles. The molecule has 0 saturated heterocycles. The van der Waals surface area contributed by atoms with E-state index in [1.54, 1.807) is 7.11 Å². The highest BCUT2D eigenvalue weighted by atomic mass is 32.2. The first-order chi connectivity index (χ1) is 17.1. The van der Waals surface area contributed by atoms with Crippen molar-refractivity contribution in [3.63, 3.8) is 0 Å². The van der Waals surface area contributed by atoms with Crippen molar-refractivity contribution in [1.29, 1.82) is 0 Å². The van der Waals surface area contributed by atoms with E-state index in [2.05, 4.69) is 46.7 Å². The molecule has 0 unspecified atom stereocenters. The Morgan fingerprint density at radius 2 is 1.83 bits per heavy atom. The van der Waals surface area contributed by atoms with Crippen LogP contribution in [0.15, 0.2) is 71.9 Å². The summed E-state index contributed by atoms with van der Waals surface area (Å²) in [4.78, 5) is 4.74. The zero-order valence-electron chi connectivity index (χ0n) is 19.8. The minimum absolute atomic E-state index is 0.433. The molecule has 178 valence electrons. The van der Waals surface area contributed by atoms with E-state index in [0.29, 0.717) is 34.8 Å². The highest BCUT2D eigenvalue weighted by molar-refractivity contribution is 7.98. The zero-order valence-corrected chi connectivity index (χ0v) is 20.6. The van der Waals surface area contributed by atoms with E-state index in [-0.39, 0.29) is 0 Å². The van der Waals surface area contributed by atoms with Gasteiger partial charge in [0.15, 0.2) is 23.4 Å². The lowest BCUT2D eigenvalue weighted by Crippen LogP contribution is -2.17. The van der Waals surface area contributed by atoms with E-state index in [1.807, 2.05) is 49.4 Å². The second-order valence-corrected chi connectivity index (χ2v) is 9.00. The Bertz CT molecular complexity index is 1330. The van der Waals surface area contributed by atoms with Crippen LogP contribution in [0, 0.1) is 6.92 Å². The molecule has 4 aromatic rings. The molecular weight excluding hydrogens is 460 g/mol. The number of hydrogen-bond acceptors (Lipinski definition) is 8. The van der Waals surface area contributed by atoms with Crippen LogP contribution in [0.4, 0.5) is 5.69 Å². The van der Waals surface area contributed by atoms with Crippen LogP contribution in [0.2, 0.25) is 0 Å². The minimum atomic E-state index is -0.505. The molecule has 7 nitrogen and oxygen atoms in total. The molecule has 1 N–H and O–H groups in total. The summed E-state index contributed by atoms with van der Waals surface area (Å²) in [5.41, 5.74) is 5.70. The Hall–Kier alpha value is -3.78. The van der Waals surface area contributed by atoms with Crippen molar-refractivity contribution in [3.8, 4) is 28.6 Å².